The van der Waals surface area contributed by atoms with E-state index >= 15 is 0 Å². The average Bonchev–Trinajstić information content (AvgIpc) is 2.17. The molecule has 2 aliphatic rings. The lowest BCUT2D eigenvalue weighted by Gasteiger charge is -2.29. The quantitative estimate of drug-likeness (QED) is 0.544. The SMILES string of the molecule is c1cc2c3cc1CCC3CCC2. The van der Waals surface area contributed by atoms with Crippen LogP contribution in [0, 0.1) is 0 Å². The summed E-state index contributed by atoms with van der Waals surface area (Å²) in [5, 5.41) is 0. The predicted octanol–water partition coefficient (Wildman–Crippen LogP) is 3.05. The highest BCUT2D eigenvalue weighted by molar-refractivity contribution is 5.39. The highest BCUT2D eigenvalue weighted by Crippen LogP contribution is 2.38. The Morgan fingerprint density at radius 3 is 3.08 bits per heavy atom. The van der Waals surface area contributed by atoms with E-state index in [0.29, 0.717) is 0 Å². The molecule has 1 unspecified atom stereocenters. The van der Waals surface area contributed by atoms with Gasteiger partial charge in [-0.2, -0.15) is 0 Å². The minimum Gasteiger partial charge on any atom is -0.0588 e. The third-order valence-corrected chi connectivity index (χ3v) is 3.43. The van der Waals surface area contributed by atoms with Crippen molar-refractivity contribution in [1.82, 2.24) is 0 Å². The van der Waals surface area contributed by atoms with E-state index in [9.17, 15) is 0 Å². The van der Waals surface area contributed by atoms with Gasteiger partial charge in [-0.1, -0.05) is 18.2 Å². The van der Waals surface area contributed by atoms with E-state index in [1.54, 1.807) is 16.7 Å². The van der Waals surface area contributed by atoms with Crippen molar-refractivity contribution in [1.29, 1.82) is 0 Å². The zero-order chi connectivity index (χ0) is 7.97. The number of rotatable bonds is 0. The first-order valence-electron chi connectivity index (χ1n) is 5.05. The van der Waals surface area contributed by atoms with Crippen molar-refractivity contribution in [2.75, 3.05) is 0 Å². The molecule has 2 bridgehead atoms. The monoisotopic (exact) mass is 158 g/mol. The molecular formula is C12H14. The molecular weight excluding hydrogens is 144 g/mol. The summed E-state index contributed by atoms with van der Waals surface area (Å²) >= 11 is 0. The molecule has 0 nitrogen and oxygen atoms in total. The van der Waals surface area contributed by atoms with Crippen LogP contribution in [0.2, 0.25) is 0 Å². The lowest BCUT2D eigenvalue weighted by molar-refractivity contribution is 0.506. The first-order valence-corrected chi connectivity index (χ1v) is 5.05. The maximum atomic E-state index is 2.45. The standard InChI is InChI=1S/C12H14/c1-2-10-6-4-9-5-7-11(3-1)12(10)8-9/h4,6,8,11H,1-3,5,7H2. The number of benzene rings is 1. The molecule has 0 spiro atoms. The predicted molar refractivity (Wildman–Crippen MR) is 50.4 cm³/mol. The fourth-order valence-corrected chi connectivity index (χ4v) is 2.74. The summed E-state index contributed by atoms with van der Waals surface area (Å²) in [7, 11) is 0. The average molecular weight is 158 g/mol. The molecule has 0 saturated carbocycles. The van der Waals surface area contributed by atoms with Crippen molar-refractivity contribution in [2.45, 2.75) is 38.0 Å². The summed E-state index contributed by atoms with van der Waals surface area (Å²) < 4.78 is 0. The number of hydrogen-bond donors (Lipinski definition) is 0. The molecule has 1 aromatic carbocycles. The van der Waals surface area contributed by atoms with E-state index in [2.05, 4.69) is 18.2 Å². The van der Waals surface area contributed by atoms with Crippen molar-refractivity contribution in [3.63, 3.8) is 0 Å². The molecule has 0 N–H and O–H groups in total. The van der Waals surface area contributed by atoms with Crippen LogP contribution < -0.4 is 0 Å². The summed E-state index contributed by atoms with van der Waals surface area (Å²) in [6, 6.07) is 7.12. The fraction of sp³-hybridized carbons (Fsp3) is 0.500. The normalized spacial score (nSPS) is 25.5. The van der Waals surface area contributed by atoms with E-state index < -0.39 is 0 Å². The van der Waals surface area contributed by atoms with Crippen molar-refractivity contribution >= 4 is 0 Å². The Labute approximate surface area is 73.6 Å². The van der Waals surface area contributed by atoms with Crippen LogP contribution >= 0.6 is 0 Å². The third kappa shape index (κ3) is 0.841. The van der Waals surface area contributed by atoms with E-state index in [1.807, 2.05) is 0 Å². The van der Waals surface area contributed by atoms with Crippen LogP contribution in [0.15, 0.2) is 18.2 Å². The van der Waals surface area contributed by atoms with Gasteiger partial charge in [0, 0.05) is 0 Å². The largest absolute Gasteiger partial charge is 0.0588 e. The Morgan fingerprint density at radius 1 is 1.08 bits per heavy atom. The summed E-state index contributed by atoms with van der Waals surface area (Å²) in [6.45, 7) is 0. The van der Waals surface area contributed by atoms with E-state index in [1.165, 1.54) is 32.1 Å². The lowest BCUT2D eigenvalue weighted by Crippen LogP contribution is -2.14. The van der Waals surface area contributed by atoms with Gasteiger partial charge in [0.1, 0.15) is 0 Å². The van der Waals surface area contributed by atoms with Gasteiger partial charge in [-0.3, -0.25) is 0 Å². The Kier molecular flexibility index (Phi) is 1.31. The van der Waals surface area contributed by atoms with Crippen LogP contribution in [0.25, 0.3) is 0 Å². The van der Waals surface area contributed by atoms with Crippen LogP contribution in [0.5, 0.6) is 0 Å². The minimum atomic E-state index is 0.919. The van der Waals surface area contributed by atoms with Crippen LogP contribution in [0.4, 0.5) is 0 Å². The Morgan fingerprint density at radius 2 is 2.08 bits per heavy atom. The molecule has 0 amide bonds. The highest BCUT2D eigenvalue weighted by atomic mass is 14.3. The van der Waals surface area contributed by atoms with Gasteiger partial charge in [0.25, 0.3) is 0 Å². The molecule has 0 saturated heterocycles. The molecule has 0 fully saturated rings. The fourth-order valence-electron chi connectivity index (χ4n) is 2.74. The molecule has 0 heterocycles. The van der Waals surface area contributed by atoms with Crippen LogP contribution in [0.3, 0.4) is 0 Å². The van der Waals surface area contributed by atoms with E-state index in [4.69, 9.17) is 0 Å². The number of aryl methyl sites for hydroxylation is 2. The summed E-state index contributed by atoms with van der Waals surface area (Å²) in [5.41, 5.74) is 4.88. The van der Waals surface area contributed by atoms with Gasteiger partial charge in [-0.05, 0) is 54.7 Å². The summed E-state index contributed by atoms with van der Waals surface area (Å²) in [6.07, 6.45) is 6.91. The zero-order valence-electron chi connectivity index (χ0n) is 7.34. The molecule has 1 aromatic rings. The Hall–Kier alpha value is -0.780. The van der Waals surface area contributed by atoms with Crippen molar-refractivity contribution in [3.05, 3.63) is 34.9 Å². The van der Waals surface area contributed by atoms with Gasteiger partial charge in [0.05, 0.1) is 0 Å². The van der Waals surface area contributed by atoms with Gasteiger partial charge < -0.3 is 0 Å². The first kappa shape index (κ1) is 6.71. The summed E-state index contributed by atoms with van der Waals surface area (Å²) in [5.74, 6) is 0.919. The zero-order valence-corrected chi connectivity index (χ0v) is 7.34. The van der Waals surface area contributed by atoms with Gasteiger partial charge in [-0.15, -0.1) is 0 Å². The van der Waals surface area contributed by atoms with Gasteiger partial charge >= 0.3 is 0 Å². The van der Waals surface area contributed by atoms with Gasteiger partial charge in [0.2, 0.25) is 0 Å². The maximum absolute atomic E-state index is 2.45. The Balaban J connectivity index is 2.21. The molecule has 0 radical (unpaired) electrons. The number of fused-ring (bicyclic) bond motifs is 1. The Bertz CT molecular complexity index is 312. The maximum Gasteiger partial charge on any atom is -0.0156 e. The molecule has 62 valence electrons. The molecule has 0 aromatic heterocycles. The molecule has 0 heteroatoms. The van der Waals surface area contributed by atoms with E-state index in [0.717, 1.165) is 5.92 Å². The molecule has 2 aliphatic carbocycles. The minimum absolute atomic E-state index is 0.919. The van der Waals surface area contributed by atoms with Gasteiger partial charge in [0.15, 0.2) is 0 Å². The smallest absolute Gasteiger partial charge is 0.0156 e. The van der Waals surface area contributed by atoms with Crippen molar-refractivity contribution < 1.29 is 0 Å². The second-order valence-corrected chi connectivity index (χ2v) is 4.16. The topological polar surface area (TPSA) is 0 Å². The molecule has 0 aliphatic heterocycles. The second kappa shape index (κ2) is 2.35. The first-order chi connectivity index (χ1) is 5.93. The van der Waals surface area contributed by atoms with Crippen LogP contribution in [0.1, 0.15) is 41.9 Å². The van der Waals surface area contributed by atoms with Crippen molar-refractivity contribution in [3.8, 4) is 0 Å². The summed E-state index contributed by atoms with van der Waals surface area (Å²) in [4.78, 5) is 0. The second-order valence-electron chi connectivity index (χ2n) is 4.16. The molecule has 12 heavy (non-hydrogen) atoms. The highest BCUT2D eigenvalue weighted by Gasteiger charge is 2.23. The molecule has 1 atom stereocenters. The van der Waals surface area contributed by atoms with Crippen LogP contribution in [-0.2, 0) is 12.8 Å². The van der Waals surface area contributed by atoms with Crippen molar-refractivity contribution in [2.24, 2.45) is 0 Å². The molecule has 3 rings (SSSR count). The third-order valence-electron chi connectivity index (χ3n) is 3.43. The van der Waals surface area contributed by atoms with E-state index in [-0.39, 0.29) is 0 Å². The number of hydrogen-bond acceptors (Lipinski definition) is 0. The van der Waals surface area contributed by atoms with Crippen LogP contribution in [-0.4, -0.2) is 0 Å². The lowest BCUT2D eigenvalue weighted by atomic mass is 9.76. The van der Waals surface area contributed by atoms with Gasteiger partial charge in [-0.25, -0.2) is 0 Å².